The number of aliphatic imine (C=N–C) groups is 1. The van der Waals surface area contributed by atoms with Gasteiger partial charge in [-0.3, -0.25) is 4.99 Å². The summed E-state index contributed by atoms with van der Waals surface area (Å²) < 4.78 is 6.10. The Morgan fingerprint density at radius 2 is 1.85 bits per heavy atom. The molecule has 0 radical (unpaired) electrons. The summed E-state index contributed by atoms with van der Waals surface area (Å²) in [5, 5.41) is 3.44. The van der Waals surface area contributed by atoms with E-state index < -0.39 is 0 Å². The molecule has 1 aliphatic rings. The van der Waals surface area contributed by atoms with Crippen LogP contribution in [0.1, 0.15) is 33.6 Å². The van der Waals surface area contributed by atoms with Gasteiger partial charge in [0.25, 0.3) is 0 Å². The number of hydrogen-bond acceptors (Lipinski definition) is 3. The van der Waals surface area contributed by atoms with Gasteiger partial charge in [-0.25, -0.2) is 0 Å². The number of para-hydroxylation sites is 1. The summed E-state index contributed by atoms with van der Waals surface area (Å²) in [5.74, 6) is 1.99. The normalized spacial score (nSPS) is 16.4. The molecular formula is C20H35IN4O. The quantitative estimate of drug-likeness (QED) is 0.390. The molecule has 0 aromatic heterocycles. The number of piperidine rings is 1. The zero-order valence-electron chi connectivity index (χ0n) is 16.9. The van der Waals surface area contributed by atoms with Gasteiger partial charge in [-0.15, -0.1) is 24.0 Å². The van der Waals surface area contributed by atoms with E-state index in [9.17, 15) is 0 Å². The fraction of sp³-hybridized carbons (Fsp3) is 0.650. The minimum Gasteiger partial charge on any atom is -0.490 e. The number of likely N-dealkylation sites (N-methyl/N-ethyl adjacent to an activating group) is 1. The summed E-state index contributed by atoms with van der Waals surface area (Å²) in [6, 6.07) is 10.1. The number of benzene rings is 1. The first-order valence-corrected chi connectivity index (χ1v) is 9.35. The Labute approximate surface area is 176 Å². The molecule has 1 heterocycles. The number of rotatable bonds is 6. The third-order valence-corrected chi connectivity index (χ3v) is 4.95. The maximum absolute atomic E-state index is 6.10. The van der Waals surface area contributed by atoms with Crippen molar-refractivity contribution in [3.05, 3.63) is 30.3 Å². The molecule has 6 heteroatoms. The van der Waals surface area contributed by atoms with Gasteiger partial charge in [0.05, 0.1) is 6.54 Å². The molecule has 1 aliphatic heterocycles. The van der Waals surface area contributed by atoms with Crippen molar-refractivity contribution in [3.8, 4) is 5.75 Å². The minimum absolute atomic E-state index is 0. The van der Waals surface area contributed by atoms with Crippen molar-refractivity contribution in [2.45, 2.75) is 45.3 Å². The van der Waals surface area contributed by atoms with Crippen molar-refractivity contribution in [3.63, 3.8) is 0 Å². The van der Waals surface area contributed by atoms with Crippen LogP contribution in [-0.2, 0) is 0 Å². The van der Waals surface area contributed by atoms with E-state index in [-0.39, 0.29) is 29.5 Å². The Bertz CT molecular complexity index is 540. The van der Waals surface area contributed by atoms with Crippen LogP contribution in [0, 0.1) is 0 Å². The molecule has 0 saturated carbocycles. The predicted octanol–water partition coefficient (Wildman–Crippen LogP) is 3.45. The fourth-order valence-electron chi connectivity index (χ4n) is 2.71. The minimum atomic E-state index is 0. The van der Waals surface area contributed by atoms with Gasteiger partial charge in [0.1, 0.15) is 11.9 Å². The van der Waals surface area contributed by atoms with Gasteiger partial charge >= 0.3 is 0 Å². The van der Waals surface area contributed by atoms with Crippen molar-refractivity contribution < 1.29 is 4.74 Å². The first-order valence-electron chi connectivity index (χ1n) is 9.35. The van der Waals surface area contributed by atoms with Crippen molar-refractivity contribution in [2.24, 2.45) is 4.99 Å². The topological polar surface area (TPSA) is 40.1 Å². The monoisotopic (exact) mass is 474 g/mol. The molecule has 1 saturated heterocycles. The SMILES string of the molecule is CCNC(=NCC(C)(C)N(C)C)N1CCC(Oc2ccccc2)CC1.I. The molecule has 0 unspecified atom stereocenters. The molecule has 1 aromatic rings. The van der Waals surface area contributed by atoms with E-state index in [2.05, 4.69) is 50.0 Å². The van der Waals surface area contributed by atoms with Gasteiger partial charge in [0.15, 0.2) is 5.96 Å². The Morgan fingerprint density at radius 3 is 2.38 bits per heavy atom. The van der Waals surface area contributed by atoms with Crippen molar-refractivity contribution in [1.82, 2.24) is 15.1 Å². The van der Waals surface area contributed by atoms with Gasteiger partial charge in [0, 0.05) is 38.0 Å². The first kappa shape index (κ1) is 23.0. The third-order valence-electron chi connectivity index (χ3n) is 4.95. The molecule has 148 valence electrons. The van der Waals surface area contributed by atoms with Crippen LogP contribution in [0.3, 0.4) is 0 Å². The first-order chi connectivity index (χ1) is 11.9. The van der Waals surface area contributed by atoms with Gasteiger partial charge < -0.3 is 19.9 Å². The van der Waals surface area contributed by atoms with Crippen molar-refractivity contribution in [2.75, 3.05) is 40.3 Å². The molecule has 0 atom stereocenters. The molecular weight excluding hydrogens is 439 g/mol. The molecule has 0 amide bonds. The number of guanidine groups is 1. The zero-order chi connectivity index (χ0) is 18.3. The number of halogens is 1. The summed E-state index contributed by atoms with van der Waals surface area (Å²) in [7, 11) is 4.21. The van der Waals surface area contributed by atoms with Crippen molar-refractivity contribution in [1.29, 1.82) is 0 Å². The van der Waals surface area contributed by atoms with E-state index in [1.807, 2.05) is 30.3 Å². The summed E-state index contributed by atoms with van der Waals surface area (Å²) in [5.41, 5.74) is 0.0510. The van der Waals surface area contributed by atoms with Crippen molar-refractivity contribution >= 4 is 29.9 Å². The highest BCUT2D eigenvalue weighted by atomic mass is 127. The van der Waals surface area contributed by atoms with Crippen LogP contribution in [0.15, 0.2) is 35.3 Å². The Hall–Kier alpha value is -1.02. The van der Waals surface area contributed by atoms with Crippen LogP contribution in [-0.4, -0.2) is 67.7 Å². The molecule has 0 bridgehead atoms. The highest BCUT2D eigenvalue weighted by Crippen LogP contribution is 2.19. The summed E-state index contributed by atoms with van der Waals surface area (Å²) in [6.07, 6.45) is 2.34. The molecule has 1 N–H and O–H groups in total. The van der Waals surface area contributed by atoms with Crippen LogP contribution in [0.2, 0.25) is 0 Å². The molecule has 0 aliphatic carbocycles. The standard InChI is InChI=1S/C20H34N4O.HI/c1-6-21-19(22-16-20(2,3)23(4)5)24-14-12-18(13-15-24)25-17-10-8-7-9-11-17;/h7-11,18H,6,12-16H2,1-5H3,(H,21,22);1H. The Morgan fingerprint density at radius 1 is 1.23 bits per heavy atom. The lowest BCUT2D eigenvalue weighted by molar-refractivity contribution is 0.129. The molecule has 26 heavy (non-hydrogen) atoms. The second kappa shape index (κ2) is 11.0. The largest absolute Gasteiger partial charge is 0.490 e. The van der Waals surface area contributed by atoms with Gasteiger partial charge in [-0.05, 0) is 47.0 Å². The number of likely N-dealkylation sites (tertiary alicyclic amines) is 1. The predicted molar refractivity (Wildman–Crippen MR) is 121 cm³/mol. The van der Waals surface area contributed by atoms with E-state index in [1.54, 1.807) is 0 Å². The highest BCUT2D eigenvalue weighted by molar-refractivity contribution is 14.0. The van der Waals surface area contributed by atoms with Crippen LogP contribution >= 0.6 is 24.0 Å². The number of nitrogens with one attached hydrogen (secondary N) is 1. The van der Waals surface area contributed by atoms with Gasteiger partial charge in [-0.1, -0.05) is 18.2 Å². The van der Waals surface area contributed by atoms with Gasteiger partial charge in [0.2, 0.25) is 0 Å². The Kier molecular flexibility index (Phi) is 9.71. The van der Waals surface area contributed by atoms with Crippen LogP contribution in [0.4, 0.5) is 0 Å². The van der Waals surface area contributed by atoms with Crippen LogP contribution in [0.25, 0.3) is 0 Å². The lowest BCUT2D eigenvalue weighted by Gasteiger charge is -2.36. The number of hydrogen-bond donors (Lipinski definition) is 1. The fourth-order valence-corrected chi connectivity index (χ4v) is 2.71. The zero-order valence-corrected chi connectivity index (χ0v) is 19.2. The summed E-state index contributed by atoms with van der Waals surface area (Å²) in [6.45, 7) is 10.2. The van der Waals surface area contributed by atoms with E-state index in [1.165, 1.54) is 0 Å². The van der Waals surface area contributed by atoms with E-state index in [4.69, 9.17) is 9.73 Å². The Balaban J connectivity index is 0.00000338. The van der Waals surface area contributed by atoms with Crippen LogP contribution in [0.5, 0.6) is 5.75 Å². The van der Waals surface area contributed by atoms with E-state index >= 15 is 0 Å². The molecule has 2 rings (SSSR count). The van der Waals surface area contributed by atoms with Gasteiger partial charge in [-0.2, -0.15) is 0 Å². The maximum Gasteiger partial charge on any atom is 0.193 e. The smallest absolute Gasteiger partial charge is 0.193 e. The summed E-state index contributed by atoms with van der Waals surface area (Å²) >= 11 is 0. The van der Waals surface area contributed by atoms with E-state index in [0.29, 0.717) is 6.10 Å². The molecule has 0 spiro atoms. The lowest BCUT2D eigenvalue weighted by atomic mass is 10.1. The molecule has 5 nitrogen and oxygen atoms in total. The second-order valence-electron chi connectivity index (χ2n) is 7.49. The lowest BCUT2D eigenvalue weighted by Crippen LogP contribution is -2.49. The third kappa shape index (κ3) is 6.95. The van der Waals surface area contributed by atoms with Crippen LogP contribution < -0.4 is 10.1 Å². The molecule has 1 fully saturated rings. The highest BCUT2D eigenvalue weighted by Gasteiger charge is 2.24. The number of nitrogens with zero attached hydrogens (tertiary/aromatic N) is 3. The summed E-state index contributed by atoms with van der Waals surface area (Å²) in [4.78, 5) is 9.47. The second-order valence-corrected chi connectivity index (χ2v) is 7.49. The number of ether oxygens (including phenoxy) is 1. The molecule has 1 aromatic carbocycles. The average Bonchev–Trinajstić information content (AvgIpc) is 2.60. The average molecular weight is 474 g/mol. The van der Waals surface area contributed by atoms with E-state index in [0.717, 1.165) is 50.7 Å². The maximum atomic E-state index is 6.10.